The number of ether oxygens (including phenoxy) is 1. The molecule has 1 aliphatic heterocycles. The molecule has 0 saturated carbocycles. The number of alkyl halides is 2. The number of pyridine rings is 1. The summed E-state index contributed by atoms with van der Waals surface area (Å²) in [6, 6.07) is 12.8. The monoisotopic (exact) mass is 345 g/mol. The Morgan fingerprint density at radius 2 is 2.08 bits per heavy atom. The summed E-state index contributed by atoms with van der Waals surface area (Å²) in [5.41, 5.74) is 4.14. The second-order valence-electron chi connectivity index (χ2n) is 6.05. The van der Waals surface area contributed by atoms with E-state index in [2.05, 4.69) is 19.6 Å². The molecular formula is C18H17F2N3O2. The Hall–Kier alpha value is -2.67. The number of aliphatic hydroxyl groups excluding tert-OH is 1. The zero-order valence-electron chi connectivity index (χ0n) is 13.3. The van der Waals surface area contributed by atoms with Gasteiger partial charge in [0.05, 0.1) is 22.8 Å². The molecule has 2 N–H and O–H groups in total. The van der Waals surface area contributed by atoms with E-state index in [-0.39, 0.29) is 12.0 Å². The van der Waals surface area contributed by atoms with Crippen LogP contribution in [0.25, 0.3) is 22.3 Å². The lowest BCUT2D eigenvalue weighted by Crippen LogP contribution is -2.21. The second-order valence-corrected chi connectivity index (χ2v) is 6.05. The molecule has 0 bridgehead atoms. The van der Waals surface area contributed by atoms with Gasteiger partial charge in [-0.3, -0.25) is 0 Å². The van der Waals surface area contributed by atoms with Crippen LogP contribution in [0.5, 0.6) is 5.88 Å². The molecule has 0 amide bonds. The molecule has 0 aliphatic carbocycles. The highest BCUT2D eigenvalue weighted by Crippen LogP contribution is 2.34. The van der Waals surface area contributed by atoms with E-state index >= 15 is 0 Å². The number of hydrogen-bond acceptors (Lipinski definition) is 4. The van der Waals surface area contributed by atoms with Crippen LogP contribution >= 0.6 is 0 Å². The molecule has 0 spiro atoms. The van der Waals surface area contributed by atoms with Crippen LogP contribution < -0.4 is 9.64 Å². The molecule has 130 valence electrons. The van der Waals surface area contributed by atoms with Crippen LogP contribution in [0.3, 0.4) is 0 Å². The van der Waals surface area contributed by atoms with Crippen LogP contribution in [0.2, 0.25) is 0 Å². The van der Waals surface area contributed by atoms with Gasteiger partial charge < -0.3 is 19.7 Å². The Labute approximate surface area is 142 Å². The number of aromatic amines is 1. The third-order valence-electron chi connectivity index (χ3n) is 4.36. The van der Waals surface area contributed by atoms with Crippen molar-refractivity contribution in [3.05, 3.63) is 42.5 Å². The van der Waals surface area contributed by atoms with Crippen LogP contribution in [0, 0.1) is 0 Å². The van der Waals surface area contributed by atoms with Crippen LogP contribution in [-0.2, 0) is 0 Å². The highest BCUT2D eigenvalue weighted by Gasteiger charge is 2.23. The number of halogens is 2. The molecule has 2 aromatic heterocycles. The number of aromatic nitrogens is 2. The molecule has 0 radical (unpaired) electrons. The molecular weight excluding hydrogens is 328 g/mol. The summed E-state index contributed by atoms with van der Waals surface area (Å²) in [6.45, 7) is -1.50. The Bertz CT molecular complexity index is 897. The summed E-state index contributed by atoms with van der Waals surface area (Å²) in [6.07, 6.45) is 0.434. The summed E-state index contributed by atoms with van der Waals surface area (Å²) >= 11 is 0. The average Bonchev–Trinajstić information content (AvgIpc) is 3.20. The fraction of sp³-hybridized carbons (Fsp3) is 0.278. The standard InChI is InChI=1S/C18H17F2N3O2/c19-18(20)25-17-6-5-13-15(22-17)9-14(21-13)12-3-1-2-4-16(12)23-8-7-11(24)10-23/h1-6,9,11,18,21,24H,7-8,10H2/t11-/m0/s1. The third-order valence-corrected chi connectivity index (χ3v) is 4.36. The van der Waals surface area contributed by atoms with Crippen molar-refractivity contribution >= 4 is 16.7 Å². The number of aliphatic hydroxyl groups is 1. The van der Waals surface area contributed by atoms with E-state index < -0.39 is 6.61 Å². The Kier molecular flexibility index (Phi) is 4.01. The first-order valence-electron chi connectivity index (χ1n) is 8.07. The molecule has 0 unspecified atom stereocenters. The van der Waals surface area contributed by atoms with Gasteiger partial charge >= 0.3 is 6.61 Å². The molecule has 1 aromatic carbocycles. The molecule has 3 heterocycles. The lowest BCUT2D eigenvalue weighted by molar-refractivity contribution is -0.0526. The summed E-state index contributed by atoms with van der Waals surface area (Å²) in [5.74, 6) is -0.107. The van der Waals surface area contributed by atoms with Crippen molar-refractivity contribution in [3.8, 4) is 17.1 Å². The molecule has 1 aliphatic rings. The van der Waals surface area contributed by atoms with Crippen molar-refractivity contribution < 1.29 is 18.6 Å². The van der Waals surface area contributed by atoms with Gasteiger partial charge in [0.2, 0.25) is 5.88 Å². The van der Waals surface area contributed by atoms with Gasteiger partial charge in [0.25, 0.3) is 0 Å². The normalized spacial score (nSPS) is 17.6. The summed E-state index contributed by atoms with van der Waals surface area (Å²) in [4.78, 5) is 9.53. The van der Waals surface area contributed by atoms with Crippen LogP contribution in [0.1, 0.15) is 6.42 Å². The van der Waals surface area contributed by atoms with Crippen LogP contribution in [-0.4, -0.2) is 40.9 Å². The molecule has 1 atom stereocenters. The summed E-state index contributed by atoms with van der Waals surface area (Å²) < 4.78 is 29.1. The van der Waals surface area contributed by atoms with E-state index in [1.165, 1.54) is 6.07 Å². The van der Waals surface area contributed by atoms with E-state index in [9.17, 15) is 13.9 Å². The number of hydrogen-bond donors (Lipinski definition) is 2. The lowest BCUT2D eigenvalue weighted by atomic mass is 10.1. The Balaban J connectivity index is 1.72. The predicted molar refractivity (Wildman–Crippen MR) is 91.0 cm³/mol. The van der Waals surface area contributed by atoms with Gasteiger partial charge in [0.15, 0.2) is 0 Å². The highest BCUT2D eigenvalue weighted by molar-refractivity contribution is 5.87. The zero-order chi connectivity index (χ0) is 17.4. The Morgan fingerprint density at radius 3 is 2.84 bits per heavy atom. The van der Waals surface area contributed by atoms with E-state index in [1.807, 2.05) is 30.3 Å². The first-order valence-corrected chi connectivity index (χ1v) is 8.07. The minimum Gasteiger partial charge on any atom is -0.417 e. The van der Waals surface area contributed by atoms with Crippen molar-refractivity contribution in [1.29, 1.82) is 0 Å². The number of rotatable bonds is 4. The first kappa shape index (κ1) is 15.8. The smallest absolute Gasteiger partial charge is 0.388 e. The topological polar surface area (TPSA) is 61.4 Å². The molecule has 25 heavy (non-hydrogen) atoms. The quantitative estimate of drug-likeness (QED) is 0.761. The number of fused-ring (bicyclic) bond motifs is 1. The minimum absolute atomic E-state index is 0.107. The fourth-order valence-electron chi connectivity index (χ4n) is 3.23. The van der Waals surface area contributed by atoms with Crippen molar-refractivity contribution in [3.63, 3.8) is 0 Å². The number of benzene rings is 1. The van der Waals surface area contributed by atoms with Crippen LogP contribution in [0.15, 0.2) is 42.5 Å². The number of anilines is 1. The lowest BCUT2D eigenvalue weighted by Gasteiger charge is -2.21. The second kappa shape index (κ2) is 6.33. The van der Waals surface area contributed by atoms with E-state index in [1.54, 1.807) is 6.07 Å². The summed E-state index contributed by atoms with van der Waals surface area (Å²) in [5, 5.41) is 9.80. The number of nitrogens with one attached hydrogen (secondary N) is 1. The van der Waals surface area contributed by atoms with Gasteiger partial charge in [-0.1, -0.05) is 18.2 Å². The van der Waals surface area contributed by atoms with Gasteiger partial charge in [0.1, 0.15) is 0 Å². The van der Waals surface area contributed by atoms with Crippen molar-refractivity contribution in [2.24, 2.45) is 0 Å². The molecule has 1 saturated heterocycles. The average molecular weight is 345 g/mol. The Morgan fingerprint density at radius 1 is 1.24 bits per heavy atom. The van der Waals surface area contributed by atoms with Crippen molar-refractivity contribution in [2.75, 3.05) is 18.0 Å². The van der Waals surface area contributed by atoms with Crippen molar-refractivity contribution in [2.45, 2.75) is 19.1 Å². The van der Waals surface area contributed by atoms with Crippen LogP contribution in [0.4, 0.5) is 14.5 Å². The van der Waals surface area contributed by atoms with Gasteiger partial charge in [-0.05, 0) is 24.6 Å². The van der Waals surface area contributed by atoms with Crippen molar-refractivity contribution in [1.82, 2.24) is 9.97 Å². The van der Waals surface area contributed by atoms with E-state index in [0.717, 1.165) is 35.4 Å². The number of para-hydroxylation sites is 1. The van der Waals surface area contributed by atoms with E-state index in [4.69, 9.17) is 0 Å². The summed E-state index contributed by atoms with van der Waals surface area (Å²) in [7, 11) is 0. The minimum atomic E-state index is -2.90. The largest absolute Gasteiger partial charge is 0.417 e. The third kappa shape index (κ3) is 3.15. The molecule has 7 heteroatoms. The zero-order valence-corrected chi connectivity index (χ0v) is 13.3. The molecule has 5 nitrogen and oxygen atoms in total. The maximum absolute atomic E-state index is 12.4. The van der Waals surface area contributed by atoms with E-state index in [0.29, 0.717) is 12.1 Å². The van der Waals surface area contributed by atoms with Gasteiger partial charge in [0, 0.05) is 30.4 Å². The SMILES string of the molecule is O[C@H]1CCN(c2ccccc2-c2cc3nc(OC(F)F)ccc3[nH]2)C1. The molecule has 3 aromatic rings. The number of nitrogens with zero attached hydrogens (tertiary/aromatic N) is 2. The van der Waals surface area contributed by atoms with Gasteiger partial charge in [-0.15, -0.1) is 0 Å². The predicted octanol–water partition coefficient (Wildman–Crippen LogP) is 3.40. The fourth-order valence-corrected chi connectivity index (χ4v) is 3.23. The number of H-pyrrole nitrogens is 1. The van der Waals surface area contributed by atoms with Gasteiger partial charge in [-0.2, -0.15) is 8.78 Å². The highest BCUT2D eigenvalue weighted by atomic mass is 19.3. The maximum Gasteiger partial charge on any atom is 0.388 e. The first-order chi connectivity index (χ1) is 12.1. The number of β-amino-alcohol motifs (C(OH)–C–C–N with tert-alkyl or cyclic N) is 1. The molecule has 1 fully saturated rings. The maximum atomic E-state index is 12.4. The molecule has 4 rings (SSSR count). The van der Waals surface area contributed by atoms with Gasteiger partial charge in [-0.25, -0.2) is 4.98 Å².